The van der Waals surface area contributed by atoms with E-state index in [2.05, 4.69) is 32.5 Å². The second-order valence-electron chi connectivity index (χ2n) is 23.1. The molecule has 1 saturated heterocycles. The zero-order chi connectivity index (χ0) is 63.6. The van der Waals surface area contributed by atoms with Gasteiger partial charge in [0.25, 0.3) is 11.8 Å². The van der Waals surface area contributed by atoms with Crippen molar-refractivity contribution in [3.05, 3.63) is 120 Å². The minimum absolute atomic E-state index is 0.0695. The van der Waals surface area contributed by atoms with Crippen LogP contribution in [0.1, 0.15) is 103 Å². The predicted octanol–water partition coefficient (Wildman–Crippen LogP) is 6.42. The maximum atomic E-state index is 15.5. The number of aromatic nitrogens is 2. The van der Waals surface area contributed by atoms with Crippen molar-refractivity contribution >= 4 is 69.0 Å². The van der Waals surface area contributed by atoms with Gasteiger partial charge in [0, 0.05) is 104 Å². The van der Waals surface area contributed by atoms with Crippen molar-refractivity contribution in [3.63, 3.8) is 0 Å². The standard InChI is InChI=1S/C61H81F3N12O10S/c1-40(2)53(71-50(77)18-12-9-13-29-75-51(78)25-26-52(75)79)57(81)70-48(17-14-28-66-58(65)82)56(80)67-44-22-19-42(20-23-44)39-86-59(83)68-45(36-62)27-30-76(60(84)72-31-33-74(34-32-72)87(6,7)85)54(61(3,4)5)55-69-49(46-35-43(63)21-24-47(46)64)38-73(55)37-41-15-10-8-11-16-41/h8,10-11,15-16,19-26,35,38,40,45,48,53-54H,6,9,12-14,17-18,27-34,36-37,39H2,1-5,7H3,(H,67,80)(H,68,83)(H,70,81)(H,71,77)(H3,65,66,82). The molecule has 5 unspecified atom stereocenters. The molecule has 2 aliphatic rings. The first kappa shape index (κ1) is 67.9. The Kier molecular flexibility index (Phi) is 24.5. The molecule has 4 aromatic rings. The van der Waals surface area contributed by atoms with E-state index in [0.29, 0.717) is 36.3 Å². The number of hydrogen-bond donors (Lipinski definition) is 6. The number of urea groups is 2. The van der Waals surface area contributed by atoms with E-state index in [4.69, 9.17) is 15.5 Å². The first-order chi connectivity index (χ1) is 41.2. The van der Waals surface area contributed by atoms with Gasteiger partial charge in [0.2, 0.25) is 17.7 Å². The number of halogens is 3. The Morgan fingerprint density at radius 1 is 0.839 bits per heavy atom. The number of hydrogen-bond acceptors (Lipinski definition) is 11. The van der Waals surface area contributed by atoms with Crippen LogP contribution in [0.3, 0.4) is 0 Å². The molecule has 0 spiro atoms. The fourth-order valence-corrected chi connectivity index (χ4v) is 11.1. The fraction of sp³-hybridized carbons (Fsp3) is 0.475. The number of carbonyl (C=O) groups is 8. The Labute approximate surface area is 506 Å². The van der Waals surface area contributed by atoms with Crippen LogP contribution in [-0.4, -0.2) is 163 Å². The minimum atomic E-state index is -2.57. The number of piperazine rings is 1. The fourth-order valence-electron chi connectivity index (χ4n) is 10.1. The predicted molar refractivity (Wildman–Crippen MR) is 324 cm³/mol. The third-order valence-electron chi connectivity index (χ3n) is 14.8. The van der Waals surface area contributed by atoms with E-state index < -0.39 is 93.5 Å². The van der Waals surface area contributed by atoms with Gasteiger partial charge in [0.1, 0.15) is 42.8 Å². The number of rotatable bonds is 29. The van der Waals surface area contributed by atoms with Gasteiger partial charge >= 0.3 is 18.2 Å². The summed E-state index contributed by atoms with van der Waals surface area (Å²) in [6.45, 7) is 9.21. The van der Waals surface area contributed by atoms with Gasteiger partial charge < -0.3 is 51.4 Å². The highest BCUT2D eigenvalue weighted by atomic mass is 32.2. The molecule has 0 radical (unpaired) electrons. The number of imide groups is 1. The molecule has 2 aliphatic heterocycles. The Morgan fingerprint density at radius 3 is 2.14 bits per heavy atom. The van der Waals surface area contributed by atoms with Gasteiger partial charge in [0.15, 0.2) is 0 Å². The van der Waals surface area contributed by atoms with Crippen molar-refractivity contribution in [1.29, 1.82) is 0 Å². The zero-order valence-corrected chi connectivity index (χ0v) is 51.0. The summed E-state index contributed by atoms with van der Waals surface area (Å²) in [4.78, 5) is 113. The van der Waals surface area contributed by atoms with Crippen LogP contribution in [0.25, 0.3) is 11.3 Å². The topological polar surface area (TPSA) is 280 Å². The Morgan fingerprint density at radius 2 is 1.52 bits per heavy atom. The third-order valence-corrected chi connectivity index (χ3v) is 16.2. The number of benzene rings is 3. The third kappa shape index (κ3) is 20.2. The van der Waals surface area contributed by atoms with Gasteiger partial charge in [-0.1, -0.05) is 83.5 Å². The molecule has 22 nitrogen and oxygen atoms in total. The second-order valence-corrected chi connectivity index (χ2v) is 25.6. The molecular formula is C61H81F3N12O10S. The van der Waals surface area contributed by atoms with Crippen LogP contribution < -0.4 is 32.3 Å². The molecule has 1 aromatic heterocycles. The summed E-state index contributed by atoms with van der Waals surface area (Å²) in [5, 5.41) is 13.3. The normalized spacial score (nSPS) is 15.7. The average molecular weight is 1230 g/mol. The van der Waals surface area contributed by atoms with Crippen LogP contribution in [0, 0.1) is 23.0 Å². The molecule has 3 aromatic carbocycles. The molecule has 0 bridgehead atoms. The number of alkyl carbamates (subject to hydrolysis) is 1. The number of nitrogens with two attached hydrogens (primary N) is 1. The van der Waals surface area contributed by atoms with E-state index in [9.17, 15) is 42.2 Å². The highest BCUT2D eigenvalue weighted by Gasteiger charge is 2.41. The van der Waals surface area contributed by atoms with E-state index in [1.165, 1.54) is 18.4 Å². The van der Waals surface area contributed by atoms with Gasteiger partial charge in [-0.05, 0) is 90.8 Å². The smallest absolute Gasteiger partial charge is 0.407 e. The molecule has 10 amide bonds. The molecule has 1 fully saturated rings. The molecule has 0 saturated carbocycles. The van der Waals surface area contributed by atoms with Crippen LogP contribution in [0.15, 0.2) is 91.1 Å². The summed E-state index contributed by atoms with van der Waals surface area (Å²) in [6.07, 6.45) is 6.36. The van der Waals surface area contributed by atoms with Gasteiger partial charge in [-0.2, -0.15) is 0 Å². The van der Waals surface area contributed by atoms with Gasteiger partial charge in [0.05, 0.1) is 17.8 Å². The van der Waals surface area contributed by atoms with Gasteiger partial charge in [-0.15, -0.1) is 0 Å². The Balaban J connectivity index is 1.11. The van der Waals surface area contributed by atoms with Gasteiger partial charge in [-0.25, -0.2) is 36.8 Å². The molecule has 6 rings (SSSR count). The number of carbonyl (C=O) groups excluding carboxylic acids is 8. The first-order valence-electron chi connectivity index (χ1n) is 29.0. The summed E-state index contributed by atoms with van der Waals surface area (Å²) < 4.78 is 67.2. The van der Waals surface area contributed by atoms with E-state index in [-0.39, 0.29) is 114 Å². The summed E-state index contributed by atoms with van der Waals surface area (Å²) >= 11 is 0. The lowest BCUT2D eigenvalue weighted by molar-refractivity contribution is -0.137. The zero-order valence-electron chi connectivity index (χ0n) is 50.2. The lowest BCUT2D eigenvalue weighted by Gasteiger charge is -2.44. The molecule has 7 N–H and O–H groups in total. The SMILES string of the molecule is C=S(C)(=O)N1CCN(C(=O)N(CCC(CF)NC(=O)OCc2ccc(NC(=O)C(CCCNC(N)=O)NC(=O)C(NC(=O)CCCCCN3C(=O)C=CC3=O)C(C)C)cc2)C(c2nc(-c3cc(F)ccc3F)cn2Cc2ccccc2)C(C)(C)C)CC1. The van der Waals surface area contributed by atoms with E-state index in [1.807, 2.05) is 51.1 Å². The Bertz CT molecular complexity index is 3190. The maximum Gasteiger partial charge on any atom is 0.407 e. The highest BCUT2D eigenvalue weighted by molar-refractivity contribution is 7.97. The summed E-state index contributed by atoms with van der Waals surface area (Å²) in [5.74, 6) is -0.00236. The van der Waals surface area contributed by atoms with Crippen LogP contribution >= 0.6 is 0 Å². The number of anilines is 1. The quantitative estimate of drug-likeness (QED) is 0.0196. The van der Waals surface area contributed by atoms with Crippen LogP contribution in [0.2, 0.25) is 0 Å². The van der Waals surface area contributed by atoms with Crippen LogP contribution in [0.4, 0.5) is 33.2 Å². The van der Waals surface area contributed by atoms with Crippen molar-refractivity contribution in [1.82, 2.24) is 49.8 Å². The first-order valence-corrected chi connectivity index (χ1v) is 31.1. The molecule has 3 heterocycles. The number of alkyl halides is 1. The lowest BCUT2D eigenvalue weighted by Crippen LogP contribution is -2.56. The highest BCUT2D eigenvalue weighted by Crippen LogP contribution is 2.40. The number of imidazole rings is 1. The Hall–Kier alpha value is -8.26. The number of amides is 10. The second kappa shape index (κ2) is 31.4. The number of unbranched alkanes of at least 4 members (excludes halogenated alkanes) is 2. The van der Waals surface area contributed by atoms with Crippen molar-refractivity contribution < 1.29 is 60.5 Å². The van der Waals surface area contributed by atoms with Crippen molar-refractivity contribution in [2.75, 3.05) is 64.1 Å². The molecule has 0 aliphatic carbocycles. The number of primary amides is 1. The molecule has 26 heteroatoms. The lowest BCUT2D eigenvalue weighted by atomic mass is 9.84. The number of nitrogens with one attached hydrogen (secondary N) is 5. The van der Waals surface area contributed by atoms with Crippen LogP contribution in [-0.2, 0) is 51.6 Å². The van der Waals surface area contributed by atoms with Gasteiger partial charge in [-0.3, -0.25) is 33.1 Å². The van der Waals surface area contributed by atoms with E-state index in [1.54, 1.807) is 63.0 Å². The van der Waals surface area contributed by atoms with E-state index >= 15 is 13.6 Å². The van der Waals surface area contributed by atoms with Crippen molar-refractivity contribution in [2.24, 2.45) is 17.1 Å². The largest absolute Gasteiger partial charge is 0.445 e. The van der Waals surface area contributed by atoms with E-state index in [0.717, 1.165) is 28.7 Å². The number of ether oxygens (including phenoxy) is 1. The molecule has 472 valence electrons. The average Bonchev–Trinajstić information content (AvgIpc) is 1.75. The van der Waals surface area contributed by atoms with Crippen LogP contribution in [0.5, 0.6) is 0 Å². The van der Waals surface area contributed by atoms with Crippen molar-refractivity contribution in [3.8, 4) is 11.3 Å². The monoisotopic (exact) mass is 1230 g/mol. The molecule has 5 atom stereocenters. The summed E-state index contributed by atoms with van der Waals surface area (Å²) in [6, 6.07) is 13.3. The minimum Gasteiger partial charge on any atom is -0.445 e. The van der Waals surface area contributed by atoms with Crippen molar-refractivity contribution in [2.45, 2.75) is 117 Å². The molecular weight excluding hydrogens is 1150 g/mol. The maximum absolute atomic E-state index is 15.5. The summed E-state index contributed by atoms with van der Waals surface area (Å²) in [7, 11) is -2.57. The summed E-state index contributed by atoms with van der Waals surface area (Å²) in [5.41, 5.74) is 6.11. The number of nitrogens with zero attached hydrogens (tertiary/aromatic N) is 6. The molecule has 87 heavy (non-hydrogen) atoms.